The number of nitrogens with one attached hydrogen (secondary N) is 1. The summed E-state index contributed by atoms with van der Waals surface area (Å²) in [6, 6.07) is 15.1. The number of hydrogen-bond acceptors (Lipinski definition) is 4. The molecule has 0 radical (unpaired) electrons. The maximum atomic E-state index is 4.90. The molecule has 0 bridgehead atoms. The van der Waals surface area contributed by atoms with Crippen LogP contribution in [0.15, 0.2) is 52.7 Å². The van der Waals surface area contributed by atoms with Crippen molar-refractivity contribution >= 4 is 33.9 Å². The standard InChI is InChI=1S/C19H20N2S2/c1-2-6-17-14(4-1)5-3-7-18(17)22-12-16-13-23-19(21-16)15-8-10-20-11-9-15/h1-7,13,15,20H,8-12H2. The molecule has 1 aliphatic heterocycles. The summed E-state index contributed by atoms with van der Waals surface area (Å²) >= 11 is 3.74. The van der Waals surface area contributed by atoms with Gasteiger partial charge in [-0.15, -0.1) is 23.1 Å². The topological polar surface area (TPSA) is 24.9 Å². The van der Waals surface area contributed by atoms with Gasteiger partial charge < -0.3 is 5.32 Å². The molecule has 0 atom stereocenters. The Bertz CT molecular complexity index is 785. The molecule has 1 saturated heterocycles. The molecule has 1 N–H and O–H groups in total. The van der Waals surface area contributed by atoms with Crippen LogP contribution in [0.2, 0.25) is 0 Å². The lowest BCUT2D eigenvalue weighted by Crippen LogP contribution is -2.26. The Morgan fingerprint density at radius 2 is 1.91 bits per heavy atom. The van der Waals surface area contributed by atoms with Crippen LogP contribution in [0.25, 0.3) is 10.8 Å². The third-order valence-corrected chi connectivity index (χ3v) is 6.55. The molecule has 118 valence electrons. The van der Waals surface area contributed by atoms with Crippen LogP contribution >= 0.6 is 23.1 Å². The number of thioether (sulfide) groups is 1. The van der Waals surface area contributed by atoms with Crippen molar-refractivity contribution in [1.82, 2.24) is 10.3 Å². The summed E-state index contributed by atoms with van der Waals surface area (Å²) in [7, 11) is 0. The van der Waals surface area contributed by atoms with Gasteiger partial charge in [0.05, 0.1) is 10.7 Å². The molecule has 0 amide bonds. The lowest BCUT2D eigenvalue weighted by atomic mass is 9.99. The first-order valence-electron chi connectivity index (χ1n) is 8.16. The van der Waals surface area contributed by atoms with Crippen LogP contribution in [-0.2, 0) is 5.75 Å². The second kappa shape index (κ2) is 7.04. The molecule has 1 aliphatic rings. The van der Waals surface area contributed by atoms with E-state index in [0.29, 0.717) is 5.92 Å². The molecule has 1 fully saturated rings. The second-order valence-electron chi connectivity index (χ2n) is 5.97. The molecule has 2 heterocycles. The lowest BCUT2D eigenvalue weighted by Gasteiger charge is -2.20. The first kappa shape index (κ1) is 15.2. The fraction of sp³-hybridized carbons (Fsp3) is 0.316. The predicted octanol–water partition coefficient (Wildman–Crippen LogP) is 5.06. The van der Waals surface area contributed by atoms with Crippen LogP contribution in [0.1, 0.15) is 29.5 Å². The van der Waals surface area contributed by atoms with Crippen molar-refractivity contribution in [3.8, 4) is 0 Å². The minimum absolute atomic E-state index is 0.664. The van der Waals surface area contributed by atoms with Crippen molar-refractivity contribution in [2.75, 3.05) is 13.1 Å². The van der Waals surface area contributed by atoms with E-state index in [1.807, 2.05) is 23.1 Å². The Morgan fingerprint density at radius 1 is 1.09 bits per heavy atom. The van der Waals surface area contributed by atoms with Gasteiger partial charge in [-0.25, -0.2) is 4.98 Å². The fourth-order valence-corrected chi connectivity index (χ4v) is 5.18. The van der Waals surface area contributed by atoms with Gasteiger partial charge in [0.15, 0.2) is 0 Å². The molecule has 0 spiro atoms. The van der Waals surface area contributed by atoms with Gasteiger partial charge in [-0.3, -0.25) is 0 Å². The quantitative estimate of drug-likeness (QED) is 0.672. The van der Waals surface area contributed by atoms with E-state index >= 15 is 0 Å². The summed E-state index contributed by atoms with van der Waals surface area (Å²) in [6.45, 7) is 2.26. The van der Waals surface area contributed by atoms with Gasteiger partial charge in [0.2, 0.25) is 0 Å². The minimum atomic E-state index is 0.664. The van der Waals surface area contributed by atoms with Crippen molar-refractivity contribution < 1.29 is 0 Å². The maximum Gasteiger partial charge on any atom is 0.0960 e. The average molecular weight is 341 g/mol. The highest BCUT2D eigenvalue weighted by molar-refractivity contribution is 7.98. The summed E-state index contributed by atoms with van der Waals surface area (Å²) in [5.41, 5.74) is 1.22. The van der Waals surface area contributed by atoms with Crippen molar-refractivity contribution in [3.05, 3.63) is 58.5 Å². The fourth-order valence-electron chi connectivity index (χ4n) is 3.12. The number of hydrogen-bond donors (Lipinski definition) is 1. The molecule has 1 aromatic heterocycles. The number of aromatic nitrogens is 1. The zero-order chi connectivity index (χ0) is 15.5. The first-order valence-corrected chi connectivity index (χ1v) is 10.0. The SMILES string of the molecule is c1ccc2c(SCc3csc(C4CCNCC4)n3)cccc2c1. The van der Waals surface area contributed by atoms with Gasteiger partial charge in [0, 0.05) is 21.9 Å². The van der Waals surface area contributed by atoms with Crippen LogP contribution in [-0.4, -0.2) is 18.1 Å². The van der Waals surface area contributed by atoms with Crippen molar-refractivity contribution in [2.24, 2.45) is 0 Å². The summed E-state index contributed by atoms with van der Waals surface area (Å²) in [5, 5.41) is 9.66. The Balaban J connectivity index is 1.47. The smallest absolute Gasteiger partial charge is 0.0960 e. The predicted molar refractivity (Wildman–Crippen MR) is 100 cm³/mol. The van der Waals surface area contributed by atoms with Crippen molar-refractivity contribution in [1.29, 1.82) is 0 Å². The van der Waals surface area contributed by atoms with E-state index in [1.165, 1.54) is 39.2 Å². The van der Waals surface area contributed by atoms with E-state index in [9.17, 15) is 0 Å². The normalized spacial score (nSPS) is 16.0. The van der Waals surface area contributed by atoms with Crippen LogP contribution in [0.4, 0.5) is 0 Å². The van der Waals surface area contributed by atoms with E-state index in [2.05, 4.69) is 53.2 Å². The van der Waals surface area contributed by atoms with Gasteiger partial charge >= 0.3 is 0 Å². The van der Waals surface area contributed by atoms with Crippen LogP contribution in [0.3, 0.4) is 0 Å². The van der Waals surface area contributed by atoms with E-state index in [1.54, 1.807) is 0 Å². The van der Waals surface area contributed by atoms with Crippen LogP contribution in [0, 0.1) is 0 Å². The molecule has 0 unspecified atom stereocenters. The monoisotopic (exact) mass is 340 g/mol. The Morgan fingerprint density at radius 3 is 2.83 bits per heavy atom. The van der Waals surface area contributed by atoms with Gasteiger partial charge in [0.1, 0.15) is 0 Å². The molecule has 4 rings (SSSR count). The van der Waals surface area contributed by atoms with E-state index in [0.717, 1.165) is 18.8 Å². The highest BCUT2D eigenvalue weighted by Crippen LogP contribution is 2.32. The Kier molecular flexibility index (Phi) is 4.64. The average Bonchev–Trinajstić information content (AvgIpc) is 3.10. The first-order chi connectivity index (χ1) is 11.4. The summed E-state index contributed by atoms with van der Waals surface area (Å²) in [6.07, 6.45) is 2.45. The van der Waals surface area contributed by atoms with Gasteiger partial charge in [-0.2, -0.15) is 0 Å². The Hall–Kier alpha value is -1.36. The molecule has 0 aliphatic carbocycles. The number of fused-ring (bicyclic) bond motifs is 1. The van der Waals surface area contributed by atoms with Crippen LogP contribution in [0.5, 0.6) is 0 Å². The highest BCUT2D eigenvalue weighted by atomic mass is 32.2. The molecule has 23 heavy (non-hydrogen) atoms. The number of benzene rings is 2. The Labute approximate surface area is 145 Å². The summed E-state index contributed by atoms with van der Waals surface area (Å²) < 4.78 is 0. The van der Waals surface area contributed by atoms with Crippen molar-refractivity contribution in [2.45, 2.75) is 29.4 Å². The molecule has 0 saturated carbocycles. The third-order valence-electron chi connectivity index (χ3n) is 4.38. The highest BCUT2D eigenvalue weighted by Gasteiger charge is 2.18. The van der Waals surface area contributed by atoms with E-state index < -0.39 is 0 Å². The zero-order valence-electron chi connectivity index (χ0n) is 13.0. The van der Waals surface area contributed by atoms with E-state index in [4.69, 9.17) is 4.98 Å². The number of piperidine rings is 1. The van der Waals surface area contributed by atoms with Crippen LogP contribution < -0.4 is 5.32 Å². The molecule has 2 aromatic carbocycles. The van der Waals surface area contributed by atoms with Gasteiger partial charge in [-0.05, 0) is 42.8 Å². The van der Waals surface area contributed by atoms with E-state index in [-0.39, 0.29) is 0 Å². The number of thiazole rings is 1. The maximum absolute atomic E-state index is 4.90. The lowest BCUT2D eigenvalue weighted by molar-refractivity contribution is 0.459. The number of nitrogens with zero attached hydrogens (tertiary/aromatic N) is 1. The zero-order valence-corrected chi connectivity index (χ0v) is 14.6. The molecular weight excluding hydrogens is 320 g/mol. The molecule has 4 heteroatoms. The molecule has 3 aromatic rings. The van der Waals surface area contributed by atoms with Gasteiger partial charge in [-0.1, -0.05) is 36.4 Å². The summed E-state index contributed by atoms with van der Waals surface area (Å²) in [4.78, 5) is 6.25. The largest absolute Gasteiger partial charge is 0.317 e. The van der Waals surface area contributed by atoms with Gasteiger partial charge in [0.25, 0.3) is 0 Å². The molecule has 2 nitrogen and oxygen atoms in total. The number of rotatable bonds is 4. The third kappa shape index (κ3) is 3.44. The minimum Gasteiger partial charge on any atom is -0.317 e. The summed E-state index contributed by atoms with van der Waals surface area (Å²) in [5.74, 6) is 1.62. The second-order valence-corrected chi connectivity index (χ2v) is 7.87. The molecular formula is C19H20N2S2. The van der Waals surface area contributed by atoms with Crippen molar-refractivity contribution in [3.63, 3.8) is 0 Å².